The van der Waals surface area contributed by atoms with E-state index in [9.17, 15) is 69.3 Å². The predicted octanol–water partition coefficient (Wildman–Crippen LogP) is 12.7. The van der Waals surface area contributed by atoms with Crippen LogP contribution in [-0.2, 0) is 54.7 Å². The molecule has 7 N–H and O–H groups in total. The molecular weight excluding hydrogens is 988 g/mol. The summed E-state index contributed by atoms with van der Waals surface area (Å²) < 4.78 is 0. The Hall–Kier alpha value is -5.12. The Bertz CT molecular complexity index is 2180. The van der Waals surface area contributed by atoms with Gasteiger partial charge in [-0.05, 0) is 137 Å². The first kappa shape index (κ1) is 66.9. The lowest BCUT2D eigenvalue weighted by atomic mass is 9.76. The van der Waals surface area contributed by atoms with Crippen LogP contribution >= 0.6 is 35.8 Å². The fourth-order valence-corrected chi connectivity index (χ4v) is 7.62. The van der Waals surface area contributed by atoms with Crippen molar-refractivity contribution in [2.75, 3.05) is 11.1 Å². The third kappa shape index (κ3) is 23.2. The van der Waals surface area contributed by atoms with Gasteiger partial charge in [-0.25, -0.2) is 14.4 Å². The van der Waals surface area contributed by atoms with Gasteiger partial charge in [-0.2, -0.15) is 12.6 Å². The summed E-state index contributed by atoms with van der Waals surface area (Å²) in [5.41, 5.74) is 2.29. The van der Waals surface area contributed by atoms with Gasteiger partial charge in [0, 0.05) is 0 Å². The largest absolute Gasteiger partial charge is 0.481 e. The highest BCUT2D eigenvalue weighted by Gasteiger charge is 2.46. The van der Waals surface area contributed by atoms with Gasteiger partial charge in [0.05, 0.1) is 33.9 Å². The summed E-state index contributed by atoms with van der Waals surface area (Å²) in [6.07, 6.45) is 5.30. The molecule has 0 fully saturated rings. The molecule has 0 saturated heterocycles. The van der Waals surface area contributed by atoms with Crippen LogP contribution in [-0.4, -0.2) is 88.6 Å². The lowest BCUT2D eigenvalue weighted by Crippen LogP contribution is -2.41. The van der Waals surface area contributed by atoms with Crippen LogP contribution in [0.15, 0.2) is 54.6 Å². The van der Waals surface area contributed by atoms with E-state index in [1.807, 2.05) is 88.3 Å². The van der Waals surface area contributed by atoms with Crippen molar-refractivity contribution in [2.24, 2.45) is 17.3 Å². The topological polar surface area (TPSA) is 261 Å². The molecule has 2 unspecified atom stereocenters. The number of alkyl halides is 2. The Morgan fingerprint density at radius 3 is 1.06 bits per heavy atom. The molecule has 0 aliphatic rings. The lowest BCUT2D eigenvalue weighted by Gasteiger charge is -2.26. The van der Waals surface area contributed by atoms with Crippen molar-refractivity contribution in [2.45, 2.75) is 163 Å². The van der Waals surface area contributed by atoms with E-state index in [4.69, 9.17) is 23.2 Å². The Labute approximate surface area is 441 Å². The average molecular weight is 1070 g/mol. The van der Waals surface area contributed by atoms with Crippen LogP contribution in [0.5, 0.6) is 0 Å². The van der Waals surface area contributed by atoms with Gasteiger partial charge in [-0.3, -0.25) is 19.2 Å². The zero-order valence-corrected chi connectivity index (χ0v) is 46.1. The summed E-state index contributed by atoms with van der Waals surface area (Å²) in [6.45, 7) is 21.7. The highest BCUT2D eigenvalue weighted by atomic mass is 35.5. The van der Waals surface area contributed by atoms with E-state index in [0.29, 0.717) is 49.8 Å². The first-order valence-electron chi connectivity index (χ1n) is 23.9. The molecule has 0 aromatic heterocycles. The molecule has 72 heavy (non-hydrogen) atoms. The van der Waals surface area contributed by atoms with Crippen molar-refractivity contribution in [3.8, 4) is 0 Å². The molecule has 3 aromatic rings. The van der Waals surface area contributed by atoms with Crippen LogP contribution in [0.3, 0.4) is 0 Å². The number of rotatable bonds is 22. The standard InChI is InChI=1S/C19H26O6.C18H26O4.C17H24O4S.CH2Cl2/c1-5-6-7-19(16(22)23,17(24)25)11-12-8-13(15(20)21)10-14(9-12)18(2,3)4;1-5-6-7-13(16(19)20)8-12-9-14(17(21)22)11-15(10-12)18(2,3)4;1-17(2,3)14-9-11(8-13(10-14)16(20)21)7-12(15(18)19)5-4-6-22;2-1-3/h8-10H,5-7,11H2,1-4H3,(H,20,21)(H,22,23)(H,24,25);9-11,13H,5-8H2,1-4H3,(H,19,20)(H,21,22);8-10,12,22H,4-7H2,1-3H3,(H,18,19)(H,20,21);1H2. The number of halogens is 2. The van der Waals surface area contributed by atoms with Gasteiger partial charge in [0.1, 0.15) is 0 Å². The maximum absolute atomic E-state index is 11.8. The third-order valence-electron chi connectivity index (χ3n) is 11.9. The maximum Gasteiger partial charge on any atom is 0.335 e. The Morgan fingerprint density at radius 2 is 0.792 bits per heavy atom. The van der Waals surface area contributed by atoms with Crippen LogP contribution in [0.2, 0.25) is 0 Å². The summed E-state index contributed by atoms with van der Waals surface area (Å²) in [4.78, 5) is 80.3. The van der Waals surface area contributed by atoms with Crippen molar-refractivity contribution in [1.82, 2.24) is 0 Å². The molecule has 0 heterocycles. The lowest BCUT2D eigenvalue weighted by molar-refractivity contribution is -0.165. The summed E-state index contributed by atoms with van der Waals surface area (Å²) >= 11 is 13.6. The van der Waals surface area contributed by atoms with E-state index in [1.54, 1.807) is 36.4 Å². The molecule has 0 spiro atoms. The van der Waals surface area contributed by atoms with Gasteiger partial charge in [0.25, 0.3) is 0 Å². The number of aromatic carboxylic acids is 3. The Kier molecular flexibility index (Phi) is 28.6. The van der Waals surface area contributed by atoms with E-state index in [2.05, 4.69) is 12.6 Å². The number of carboxylic acids is 7. The monoisotopic (exact) mass is 1060 g/mol. The molecule has 0 radical (unpaired) electrons. The molecular formula is C55H78Cl2O14S. The van der Waals surface area contributed by atoms with Crippen LogP contribution < -0.4 is 0 Å². The van der Waals surface area contributed by atoms with E-state index in [0.717, 1.165) is 47.1 Å². The molecule has 0 aliphatic carbocycles. The van der Waals surface area contributed by atoms with Crippen LogP contribution in [0, 0.1) is 17.3 Å². The van der Waals surface area contributed by atoms with E-state index < -0.39 is 59.0 Å². The average Bonchev–Trinajstić information content (AvgIpc) is 3.27. The smallest absolute Gasteiger partial charge is 0.335 e. The normalized spacial score (nSPS) is 12.3. The number of unbranched alkanes of at least 4 members (excludes halogenated alkanes) is 2. The highest BCUT2D eigenvalue weighted by Crippen LogP contribution is 2.34. The van der Waals surface area contributed by atoms with Crippen molar-refractivity contribution in [3.05, 3.63) is 105 Å². The number of hydrogen-bond acceptors (Lipinski definition) is 8. The third-order valence-corrected chi connectivity index (χ3v) is 12.2. The van der Waals surface area contributed by atoms with E-state index in [1.165, 1.54) is 6.07 Å². The van der Waals surface area contributed by atoms with E-state index >= 15 is 0 Å². The molecule has 0 saturated carbocycles. The number of thiol groups is 1. The fraction of sp³-hybridized carbons (Fsp3) is 0.545. The number of hydrogen-bond donors (Lipinski definition) is 8. The summed E-state index contributed by atoms with van der Waals surface area (Å²) in [7, 11) is 0. The number of carboxylic acid groups (broad SMARTS) is 7. The zero-order chi connectivity index (χ0) is 55.9. The zero-order valence-electron chi connectivity index (χ0n) is 43.7. The Morgan fingerprint density at radius 1 is 0.486 bits per heavy atom. The van der Waals surface area contributed by atoms with Crippen LogP contribution in [0.25, 0.3) is 0 Å². The fourth-order valence-electron chi connectivity index (χ4n) is 7.44. The second kappa shape index (κ2) is 30.8. The van der Waals surface area contributed by atoms with E-state index in [-0.39, 0.29) is 51.1 Å². The van der Waals surface area contributed by atoms with Crippen molar-refractivity contribution < 1.29 is 69.3 Å². The number of carbonyl (C=O) groups is 7. The first-order chi connectivity index (χ1) is 33.1. The first-order valence-corrected chi connectivity index (χ1v) is 25.6. The molecule has 0 amide bonds. The van der Waals surface area contributed by atoms with Crippen molar-refractivity contribution in [1.29, 1.82) is 0 Å². The number of aliphatic carboxylic acids is 4. The van der Waals surface area contributed by atoms with Gasteiger partial charge in [-0.15, -0.1) is 23.2 Å². The summed E-state index contributed by atoms with van der Waals surface area (Å²) in [5, 5.41) is 65.9. The molecule has 402 valence electrons. The molecule has 3 rings (SSSR count). The molecule has 2 atom stereocenters. The van der Waals surface area contributed by atoms with Crippen LogP contribution in [0.1, 0.15) is 192 Å². The van der Waals surface area contributed by atoms with Crippen LogP contribution in [0.4, 0.5) is 0 Å². The minimum absolute atomic E-state index is 0.00365. The SMILES string of the molecule is CC(C)(C)c1cc(CC(CCCS)C(=O)O)cc(C(=O)O)c1.CCCCC(Cc1cc(C(=O)O)cc(C(C)(C)C)c1)(C(=O)O)C(=O)O.CCCCC(Cc1cc(C(=O)O)cc(C(C)(C)C)c1)C(=O)O.ClCCl. The van der Waals surface area contributed by atoms with Gasteiger partial charge in [0.2, 0.25) is 0 Å². The van der Waals surface area contributed by atoms with Gasteiger partial charge in [0.15, 0.2) is 5.41 Å². The molecule has 3 aromatic carbocycles. The minimum Gasteiger partial charge on any atom is -0.481 e. The quantitative estimate of drug-likeness (QED) is 0.0264. The molecule has 17 heteroatoms. The van der Waals surface area contributed by atoms with Gasteiger partial charge >= 0.3 is 41.8 Å². The summed E-state index contributed by atoms with van der Waals surface area (Å²) in [6, 6.07) is 15.0. The second-order valence-corrected chi connectivity index (χ2v) is 22.2. The molecule has 0 bridgehead atoms. The molecule has 14 nitrogen and oxygen atoms in total. The van der Waals surface area contributed by atoms with Gasteiger partial charge in [-0.1, -0.05) is 120 Å². The summed E-state index contributed by atoms with van der Waals surface area (Å²) in [5.74, 6) is -7.88. The van der Waals surface area contributed by atoms with Crippen molar-refractivity contribution in [3.63, 3.8) is 0 Å². The predicted molar refractivity (Wildman–Crippen MR) is 286 cm³/mol. The number of benzene rings is 3. The maximum atomic E-state index is 11.8. The minimum atomic E-state index is -1.96. The Balaban J connectivity index is 0.00000102. The molecule has 0 aliphatic heterocycles. The van der Waals surface area contributed by atoms with Crippen molar-refractivity contribution >= 4 is 77.6 Å². The van der Waals surface area contributed by atoms with Gasteiger partial charge < -0.3 is 35.7 Å². The highest BCUT2D eigenvalue weighted by molar-refractivity contribution is 7.80. The second-order valence-electron chi connectivity index (χ2n) is 21.0.